The number of hydrogen-bond donors (Lipinski definition) is 2. The lowest BCUT2D eigenvalue weighted by molar-refractivity contribution is -0.171. The number of cyclic esters (lactones) is 1. The summed E-state index contributed by atoms with van der Waals surface area (Å²) in [5.41, 5.74) is 0. The smallest absolute Gasteiger partial charge is 0.378 e. The van der Waals surface area contributed by atoms with Gasteiger partial charge in [0.1, 0.15) is 6.61 Å². The van der Waals surface area contributed by atoms with E-state index in [2.05, 4.69) is 13.8 Å². The Morgan fingerprint density at radius 1 is 0.587 bits per heavy atom. The zero-order valence-electron chi connectivity index (χ0n) is 29.5. The van der Waals surface area contributed by atoms with Crippen LogP contribution in [0.5, 0.6) is 0 Å². The number of rotatable bonds is 32. The molecule has 0 aromatic carbocycles. The Bertz CT molecular complexity index is 824. The molecule has 0 saturated carbocycles. The van der Waals surface area contributed by atoms with Crippen molar-refractivity contribution in [3.63, 3.8) is 0 Å². The molecule has 1 aliphatic rings. The lowest BCUT2D eigenvalue weighted by atomic mass is 10.0. The molecule has 0 aromatic rings. The molecule has 1 aliphatic heterocycles. The van der Waals surface area contributed by atoms with Crippen molar-refractivity contribution in [3.05, 3.63) is 11.5 Å². The highest BCUT2D eigenvalue weighted by Gasteiger charge is 2.42. The van der Waals surface area contributed by atoms with E-state index in [1.165, 1.54) is 122 Å². The van der Waals surface area contributed by atoms with Gasteiger partial charge in [-0.1, -0.05) is 168 Å². The Morgan fingerprint density at radius 3 is 1.28 bits per heavy atom. The SMILES string of the molecule is CCCCCCCCCCCCCCCC(=O)OC[C@H](OC(=O)CCCCCCCCCCCCCCC)C1OC(=O)C(O)=C1O. The highest BCUT2D eigenvalue weighted by atomic mass is 16.6. The molecule has 0 bridgehead atoms. The molecule has 8 nitrogen and oxygen atoms in total. The van der Waals surface area contributed by atoms with Gasteiger partial charge in [0.05, 0.1) is 0 Å². The van der Waals surface area contributed by atoms with Crippen LogP contribution in [0.1, 0.15) is 194 Å². The first-order valence-corrected chi connectivity index (χ1v) is 19.1. The molecule has 1 heterocycles. The first-order chi connectivity index (χ1) is 22.4. The van der Waals surface area contributed by atoms with Gasteiger partial charge in [0.2, 0.25) is 11.9 Å². The molecule has 0 amide bonds. The van der Waals surface area contributed by atoms with Crippen molar-refractivity contribution in [1.82, 2.24) is 0 Å². The number of carbonyl (C=O) groups is 3. The van der Waals surface area contributed by atoms with E-state index in [0.717, 1.165) is 32.1 Å². The topological polar surface area (TPSA) is 119 Å². The van der Waals surface area contributed by atoms with E-state index in [1.54, 1.807) is 0 Å². The molecule has 0 saturated heterocycles. The summed E-state index contributed by atoms with van der Waals surface area (Å²) in [6, 6.07) is 0. The van der Waals surface area contributed by atoms with Crippen LogP contribution in [-0.4, -0.2) is 46.9 Å². The summed E-state index contributed by atoms with van der Waals surface area (Å²) in [7, 11) is 0. The van der Waals surface area contributed by atoms with Crippen LogP contribution >= 0.6 is 0 Å². The van der Waals surface area contributed by atoms with E-state index in [9.17, 15) is 24.6 Å². The van der Waals surface area contributed by atoms with E-state index in [4.69, 9.17) is 14.2 Å². The molecular weight excluding hydrogens is 584 g/mol. The molecule has 0 spiro atoms. The Morgan fingerprint density at radius 2 is 0.935 bits per heavy atom. The third kappa shape index (κ3) is 21.5. The van der Waals surface area contributed by atoms with Crippen LogP contribution in [0, 0.1) is 0 Å². The molecule has 46 heavy (non-hydrogen) atoms. The normalized spacial score (nSPS) is 15.3. The summed E-state index contributed by atoms with van der Waals surface area (Å²) in [4.78, 5) is 36.7. The van der Waals surface area contributed by atoms with Gasteiger partial charge in [0, 0.05) is 12.8 Å². The van der Waals surface area contributed by atoms with Crippen molar-refractivity contribution in [3.8, 4) is 0 Å². The second kappa shape index (κ2) is 28.9. The van der Waals surface area contributed by atoms with Crippen LogP contribution in [0.4, 0.5) is 0 Å². The Balaban J connectivity index is 2.22. The fourth-order valence-corrected chi connectivity index (χ4v) is 5.95. The number of hydrogen-bond acceptors (Lipinski definition) is 8. The molecule has 2 atom stereocenters. The molecule has 0 aromatic heterocycles. The number of esters is 3. The number of unbranched alkanes of at least 4 members (excludes halogenated alkanes) is 24. The zero-order chi connectivity index (χ0) is 33.7. The lowest BCUT2D eigenvalue weighted by Crippen LogP contribution is -2.38. The van der Waals surface area contributed by atoms with Crippen molar-refractivity contribution in [2.24, 2.45) is 0 Å². The fourth-order valence-electron chi connectivity index (χ4n) is 5.95. The average molecular weight is 653 g/mol. The third-order valence-electron chi connectivity index (χ3n) is 8.94. The highest BCUT2D eigenvalue weighted by Crippen LogP contribution is 2.24. The maximum Gasteiger partial charge on any atom is 0.378 e. The predicted molar refractivity (Wildman–Crippen MR) is 184 cm³/mol. The predicted octanol–water partition coefficient (Wildman–Crippen LogP) is 10.7. The van der Waals surface area contributed by atoms with Crippen LogP contribution < -0.4 is 0 Å². The number of ether oxygens (including phenoxy) is 3. The van der Waals surface area contributed by atoms with Crippen LogP contribution in [0.25, 0.3) is 0 Å². The minimum Gasteiger partial charge on any atom is -0.505 e. The molecular formula is C38H68O8. The van der Waals surface area contributed by atoms with Crippen molar-refractivity contribution in [2.45, 2.75) is 206 Å². The van der Waals surface area contributed by atoms with Crippen LogP contribution in [0.3, 0.4) is 0 Å². The Kier molecular flexibility index (Phi) is 26.3. The van der Waals surface area contributed by atoms with Gasteiger partial charge in [-0.05, 0) is 12.8 Å². The third-order valence-corrected chi connectivity index (χ3v) is 8.94. The summed E-state index contributed by atoms with van der Waals surface area (Å²) in [5, 5.41) is 19.9. The van der Waals surface area contributed by atoms with Crippen LogP contribution in [0.15, 0.2) is 11.5 Å². The van der Waals surface area contributed by atoms with Gasteiger partial charge in [0.15, 0.2) is 11.9 Å². The van der Waals surface area contributed by atoms with Crippen LogP contribution in [0.2, 0.25) is 0 Å². The highest BCUT2D eigenvalue weighted by molar-refractivity contribution is 5.89. The summed E-state index contributed by atoms with van der Waals surface area (Å²) in [6.07, 6.45) is 29.1. The van der Waals surface area contributed by atoms with Gasteiger partial charge in [-0.3, -0.25) is 9.59 Å². The minimum absolute atomic E-state index is 0.179. The van der Waals surface area contributed by atoms with Crippen molar-refractivity contribution >= 4 is 17.9 Å². The second-order valence-corrected chi connectivity index (χ2v) is 13.3. The number of aliphatic hydroxyl groups is 2. The average Bonchev–Trinajstić information content (AvgIpc) is 3.30. The van der Waals surface area contributed by atoms with Gasteiger partial charge in [-0.25, -0.2) is 4.79 Å². The quantitative estimate of drug-likeness (QED) is 0.0418. The summed E-state index contributed by atoms with van der Waals surface area (Å²) in [5.74, 6) is -3.68. The second-order valence-electron chi connectivity index (χ2n) is 13.3. The van der Waals surface area contributed by atoms with Gasteiger partial charge in [-0.15, -0.1) is 0 Å². The van der Waals surface area contributed by atoms with E-state index in [1.807, 2.05) is 0 Å². The van der Waals surface area contributed by atoms with Crippen molar-refractivity contribution in [1.29, 1.82) is 0 Å². The molecule has 268 valence electrons. The van der Waals surface area contributed by atoms with E-state index < -0.39 is 41.6 Å². The van der Waals surface area contributed by atoms with E-state index >= 15 is 0 Å². The standard InChI is InChI=1S/C38H68O8/c1-3-5-7-9-11-13-15-17-19-21-23-25-27-29-33(39)44-31-32(37-35(41)36(42)38(43)46-37)45-34(40)30-28-26-24-22-20-18-16-14-12-10-8-6-4-2/h32,37,41-42H,3-31H2,1-2H3/t32-,37?/m0/s1. The molecule has 8 heteroatoms. The monoisotopic (exact) mass is 652 g/mol. The van der Waals surface area contributed by atoms with Crippen molar-refractivity contribution in [2.75, 3.05) is 6.61 Å². The molecule has 0 radical (unpaired) electrons. The number of carbonyl (C=O) groups excluding carboxylic acids is 3. The molecule has 1 rings (SSSR count). The largest absolute Gasteiger partial charge is 0.505 e. The zero-order valence-corrected chi connectivity index (χ0v) is 29.5. The fraction of sp³-hybridized carbons (Fsp3) is 0.868. The van der Waals surface area contributed by atoms with Gasteiger partial charge in [-0.2, -0.15) is 0 Å². The molecule has 2 N–H and O–H groups in total. The van der Waals surface area contributed by atoms with Gasteiger partial charge >= 0.3 is 17.9 Å². The summed E-state index contributed by atoms with van der Waals surface area (Å²) >= 11 is 0. The Hall–Kier alpha value is -2.25. The molecule has 0 fully saturated rings. The lowest BCUT2D eigenvalue weighted by Gasteiger charge is -2.22. The molecule has 1 unspecified atom stereocenters. The van der Waals surface area contributed by atoms with Gasteiger partial charge in [0.25, 0.3) is 0 Å². The van der Waals surface area contributed by atoms with E-state index in [-0.39, 0.29) is 19.4 Å². The van der Waals surface area contributed by atoms with E-state index in [0.29, 0.717) is 12.8 Å². The molecule has 0 aliphatic carbocycles. The summed E-state index contributed by atoms with van der Waals surface area (Å²) < 4.78 is 15.8. The van der Waals surface area contributed by atoms with Gasteiger partial charge < -0.3 is 24.4 Å². The van der Waals surface area contributed by atoms with Crippen molar-refractivity contribution < 1.29 is 38.8 Å². The first kappa shape index (κ1) is 41.8. The maximum atomic E-state index is 12.6. The number of aliphatic hydroxyl groups excluding tert-OH is 2. The summed E-state index contributed by atoms with van der Waals surface area (Å²) in [6.45, 7) is 4.12. The minimum atomic E-state index is -1.40. The maximum absolute atomic E-state index is 12.6. The Labute approximate surface area is 280 Å². The first-order valence-electron chi connectivity index (χ1n) is 19.1. The van der Waals surface area contributed by atoms with Crippen LogP contribution in [-0.2, 0) is 28.6 Å².